The summed E-state index contributed by atoms with van der Waals surface area (Å²) >= 11 is 0. The molecule has 4 rings (SSSR count). The fourth-order valence-electron chi connectivity index (χ4n) is 4.43. The van der Waals surface area contributed by atoms with Crippen molar-refractivity contribution >= 4 is 23.1 Å². The standard InChI is InChI=1S/C23H22F7N7O2/c1-9(22(25,26)27)21(39)36-6-15(24)16(7-36)35-20(38)13-4-12(10(2)34-11(13)3)17-5-14(23(28,29)30)18-19(31)32-8-33-37(17)18/h4-5,8-9,15-16H,6-7H2,1-3H3,(H,35,38)(H2,31,32,33)/t9?,15-,16+/m0/s1. The summed E-state index contributed by atoms with van der Waals surface area (Å²) in [5, 5.41) is 6.23. The van der Waals surface area contributed by atoms with E-state index in [2.05, 4.69) is 20.4 Å². The average Bonchev–Trinajstić information content (AvgIpc) is 3.39. The molecule has 0 aliphatic carbocycles. The number of anilines is 1. The molecule has 3 N–H and O–H groups in total. The summed E-state index contributed by atoms with van der Waals surface area (Å²) in [5.74, 6) is -4.97. The van der Waals surface area contributed by atoms with Gasteiger partial charge in [0.05, 0.1) is 35.1 Å². The minimum Gasteiger partial charge on any atom is -0.382 e. The predicted molar refractivity (Wildman–Crippen MR) is 123 cm³/mol. The maximum Gasteiger partial charge on any atom is 0.418 e. The minimum absolute atomic E-state index is 0.0902. The van der Waals surface area contributed by atoms with Gasteiger partial charge in [-0.1, -0.05) is 0 Å². The number of nitrogen functional groups attached to an aromatic ring is 1. The van der Waals surface area contributed by atoms with Gasteiger partial charge >= 0.3 is 12.4 Å². The van der Waals surface area contributed by atoms with Crippen LogP contribution in [0.15, 0.2) is 18.5 Å². The van der Waals surface area contributed by atoms with Crippen LogP contribution in [-0.4, -0.2) is 67.8 Å². The van der Waals surface area contributed by atoms with Gasteiger partial charge in [-0.05, 0) is 32.9 Å². The Labute approximate surface area is 216 Å². The van der Waals surface area contributed by atoms with Gasteiger partial charge in [-0.2, -0.15) is 31.4 Å². The number of fused-ring (bicyclic) bond motifs is 1. The number of nitrogens with one attached hydrogen (secondary N) is 1. The summed E-state index contributed by atoms with van der Waals surface area (Å²) in [6.45, 7) is 2.48. The van der Waals surface area contributed by atoms with E-state index in [-0.39, 0.29) is 28.2 Å². The molecule has 16 heteroatoms. The summed E-state index contributed by atoms with van der Waals surface area (Å²) in [6, 6.07) is 0.732. The van der Waals surface area contributed by atoms with E-state index in [0.717, 1.165) is 16.9 Å². The minimum atomic E-state index is -4.81. The highest BCUT2D eigenvalue weighted by Crippen LogP contribution is 2.39. The van der Waals surface area contributed by atoms with E-state index in [9.17, 15) is 40.3 Å². The number of hydrogen-bond donors (Lipinski definition) is 2. The van der Waals surface area contributed by atoms with Crippen molar-refractivity contribution in [3.05, 3.63) is 41.0 Å². The van der Waals surface area contributed by atoms with Crippen molar-refractivity contribution in [1.29, 1.82) is 0 Å². The van der Waals surface area contributed by atoms with E-state index >= 15 is 0 Å². The molecular weight excluding hydrogens is 539 g/mol. The number of carbonyl (C=O) groups excluding carboxylic acids is 2. The Kier molecular flexibility index (Phi) is 6.93. The molecule has 1 fully saturated rings. The van der Waals surface area contributed by atoms with E-state index in [1.807, 2.05) is 0 Å². The van der Waals surface area contributed by atoms with Crippen molar-refractivity contribution in [1.82, 2.24) is 29.8 Å². The van der Waals surface area contributed by atoms with Gasteiger partial charge in [0, 0.05) is 17.8 Å². The number of pyridine rings is 1. The van der Waals surface area contributed by atoms with Crippen LogP contribution in [0, 0.1) is 19.8 Å². The number of hydrogen-bond acceptors (Lipinski definition) is 6. The number of nitrogens with zero attached hydrogens (tertiary/aromatic N) is 5. The van der Waals surface area contributed by atoms with Gasteiger partial charge in [-0.25, -0.2) is 13.9 Å². The second-order valence-corrected chi connectivity index (χ2v) is 9.20. The molecule has 0 aromatic carbocycles. The summed E-state index contributed by atoms with van der Waals surface area (Å²) in [5.41, 5.74) is 4.37. The van der Waals surface area contributed by atoms with Gasteiger partial charge in [0.15, 0.2) is 5.82 Å². The number of carbonyl (C=O) groups is 2. The quantitative estimate of drug-likeness (QED) is 0.471. The molecule has 4 heterocycles. The van der Waals surface area contributed by atoms with Gasteiger partial charge in [0.25, 0.3) is 5.91 Å². The highest BCUT2D eigenvalue weighted by atomic mass is 19.4. The number of halogens is 7. The Hall–Kier alpha value is -3.98. The lowest BCUT2D eigenvalue weighted by Gasteiger charge is -2.22. The second-order valence-electron chi connectivity index (χ2n) is 9.20. The molecule has 0 saturated carbocycles. The molecule has 1 saturated heterocycles. The third-order valence-corrected chi connectivity index (χ3v) is 6.55. The molecule has 210 valence electrons. The molecule has 0 bridgehead atoms. The number of likely N-dealkylation sites (tertiary alicyclic amines) is 1. The van der Waals surface area contributed by atoms with E-state index in [1.165, 1.54) is 19.9 Å². The Morgan fingerprint density at radius 2 is 1.77 bits per heavy atom. The fraction of sp³-hybridized carbons (Fsp3) is 0.435. The Bertz CT molecular complexity index is 1450. The first-order valence-corrected chi connectivity index (χ1v) is 11.5. The molecule has 1 aliphatic heterocycles. The zero-order valence-corrected chi connectivity index (χ0v) is 20.7. The maximum absolute atomic E-state index is 14.6. The topological polar surface area (TPSA) is 119 Å². The van der Waals surface area contributed by atoms with Gasteiger partial charge in [0.2, 0.25) is 5.91 Å². The summed E-state index contributed by atoms with van der Waals surface area (Å²) < 4.78 is 95.5. The van der Waals surface area contributed by atoms with Crippen molar-refractivity contribution in [2.24, 2.45) is 5.92 Å². The van der Waals surface area contributed by atoms with E-state index in [0.29, 0.717) is 11.8 Å². The third kappa shape index (κ3) is 5.18. The van der Waals surface area contributed by atoms with Crippen molar-refractivity contribution < 1.29 is 40.3 Å². The van der Waals surface area contributed by atoms with Gasteiger partial charge in [-0.15, -0.1) is 0 Å². The second kappa shape index (κ2) is 9.64. The molecule has 3 aromatic rings. The van der Waals surface area contributed by atoms with Crippen LogP contribution < -0.4 is 11.1 Å². The van der Waals surface area contributed by atoms with Gasteiger partial charge < -0.3 is 16.0 Å². The van der Waals surface area contributed by atoms with E-state index < -0.39 is 72.3 Å². The van der Waals surface area contributed by atoms with Crippen LogP contribution in [0.2, 0.25) is 0 Å². The molecule has 3 aromatic heterocycles. The molecule has 39 heavy (non-hydrogen) atoms. The average molecular weight is 561 g/mol. The third-order valence-electron chi connectivity index (χ3n) is 6.55. The lowest BCUT2D eigenvalue weighted by Crippen LogP contribution is -2.43. The fourth-order valence-corrected chi connectivity index (χ4v) is 4.43. The van der Waals surface area contributed by atoms with Crippen LogP contribution in [0.5, 0.6) is 0 Å². The highest BCUT2D eigenvalue weighted by Gasteiger charge is 2.46. The summed E-state index contributed by atoms with van der Waals surface area (Å²) in [7, 11) is 0. The van der Waals surface area contributed by atoms with E-state index in [4.69, 9.17) is 5.73 Å². The number of alkyl halides is 7. The van der Waals surface area contributed by atoms with E-state index in [1.54, 1.807) is 0 Å². The van der Waals surface area contributed by atoms with Crippen molar-refractivity contribution in [2.45, 2.75) is 45.3 Å². The lowest BCUT2D eigenvalue weighted by molar-refractivity contribution is -0.185. The SMILES string of the molecule is Cc1nc(C)c(-c2cc(C(F)(F)F)c3c(N)ncnn23)cc1C(=O)N[C@@H]1CN(C(=O)C(C)C(F)(F)F)C[C@@H]1F. The number of amides is 2. The Morgan fingerprint density at radius 1 is 1.10 bits per heavy atom. The normalized spacial score (nSPS) is 19.0. The number of rotatable bonds is 4. The summed E-state index contributed by atoms with van der Waals surface area (Å²) in [6.07, 6.45) is -10.5. The van der Waals surface area contributed by atoms with Crippen LogP contribution in [0.1, 0.15) is 34.2 Å². The smallest absolute Gasteiger partial charge is 0.382 e. The first kappa shape index (κ1) is 28.0. The lowest BCUT2D eigenvalue weighted by atomic mass is 10.0. The number of nitrogens with two attached hydrogens (primary N) is 1. The Morgan fingerprint density at radius 3 is 2.38 bits per heavy atom. The summed E-state index contributed by atoms with van der Waals surface area (Å²) in [4.78, 5) is 33.8. The van der Waals surface area contributed by atoms with Crippen LogP contribution in [-0.2, 0) is 11.0 Å². The monoisotopic (exact) mass is 561 g/mol. The molecule has 0 radical (unpaired) electrons. The van der Waals surface area contributed by atoms with Crippen molar-refractivity contribution in [3.8, 4) is 11.3 Å². The zero-order chi connectivity index (χ0) is 29.0. The van der Waals surface area contributed by atoms with Crippen LogP contribution in [0.3, 0.4) is 0 Å². The molecule has 0 spiro atoms. The molecular formula is C23H22F7N7O2. The van der Waals surface area contributed by atoms with Gasteiger partial charge in [0.1, 0.15) is 23.9 Å². The first-order chi connectivity index (χ1) is 18.0. The van der Waals surface area contributed by atoms with Crippen molar-refractivity contribution in [2.75, 3.05) is 18.8 Å². The first-order valence-electron chi connectivity index (χ1n) is 11.5. The number of aryl methyl sites for hydroxylation is 2. The maximum atomic E-state index is 14.6. The predicted octanol–water partition coefficient (Wildman–Crippen LogP) is 3.49. The van der Waals surface area contributed by atoms with Crippen molar-refractivity contribution in [3.63, 3.8) is 0 Å². The molecule has 2 amide bonds. The molecule has 1 aliphatic rings. The van der Waals surface area contributed by atoms with Crippen LogP contribution in [0.4, 0.5) is 36.6 Å². The number of aromatic nitrogens is 4. The largest absolute Gasteiger partial charge is 0.418 e. The molecule has 1 unspecified atom stereocenters. The van der Waals surface area contributed by atoms with Crippen LogP contribution in [0.25, 0.3) is 16.8 Å². The molecule has 3 atom stereocenters. The highest BCUT2D eigenvalue weighted by molar-refractivity contribution is 5.97. The Balaban J connectivity index is 1.66. The van der Waals surface area contributed by atoms with Crippen LogP contribution >= 0.6 is 0 Å². The van der Waals surface area contributed by atoms with Gasteiger partial charge in [-0.3, -0.25) is 14.6 Å². The molecule has 9 nitrogen and oxygen atoms in total. The zero-order valence-electron chi connectivity index (χ0n) is 20.7.